The van der Waals surface area contributed by atoms with Crippen molar-refractivity contribution in [2.45, 2.75) is 64.5 Å². The highest BCUT2D eigenvalue weighted by molar-refractivity contribution is 6.76. The molecule has 0 radical (unpaired) electrons. The number of benzene rings is 1. The normalized spacial score (nSPS) is 13.7. The summed E-state index contributed by atoms with van der Waals surface area (Å²) in [6.45, 7) is 8.82. The van der Waals surface area contributed by atoms with Crippen molar-refractivity contribution in [3.63, 3.8) is 0 Å². The van der Waals surface area contributed by atoms with Crippen LogP contribution in [-0.2, 0) is 40.9 Å². The smallest absolute Gasteiger partial charge is 0.198 e. The van der Waals surface area contributed by atoms with Crippen LogP contribution in [0, 0.1) is 17.6 Å². The zero-order valence-electron chi connectivity index (χ0n) is 26.3. The van der Waals surface area contributed by atoms with Crippen molar-refractivity contribution in [1.82, 2.24) is 19.1 Å². The summed E-state index contributed by atoms with van der Waals surface area (Å²) in [5, 5.41) is 0.347. The van der Waals surface area contributed by atoms with Gasteiger partial charge in [-0.15, -0.1) is 0 Å². The van der Waals surface area contributed by atoms with Gasteiger partial charge in [0, 0.05) is 76.8 Å². The van der Waals surface area contributed by atoms with Gasteiger partial charge in [-0.05, 0) is 42.6 Å². The maximum absolute atomic E-state index is 15.3. The highest BCUT2D eigenvalue weighted by Crippen LogP contribution is 2.36. The first-order valence-electron chi connectivity index (χ1n) is 15.3. The second-order valence-corrected chi connectivity index (χ2v) is 18.6. The number of ether oxygens (including phenoxy) is 3. The summed E-state index contributed by atoms with van der Waals surface area (Å²) < 4.78 is 51.1. The monoisotopic (exact) mass is 638 g/mol. The number of hydrogen-bond acceptors (Lipinski definition) is 7. The van der Waals surface area contributed by atoms with Crippen molar-refractivity contribution in [3.8, 4) is 11.5 Å². The molecule has 240 valence electrons. The van der Waals surface area contributed by atoms with Crippen molar-refractivity contribution in [1.29, 1.82) is 0 Å². The van der Waals surface area contributed by atoms with Crippen molar-refractivity contribution >= 4 is 30.7 Å². The Labute approximate surface area is 262 Å². The molecule has 12 heteroatoms. The van der Waals surface area contributed by atoms with E-state index in [1.165, 1.54) is 12.3 Å². The third-order valence-electron chi connectivity index (χ3n) is 7.98. The molecule has 4 heterocycles. The molecule has 1 aliphatic heterocycles. The minimum absolute atomic E-state index is 0.0724. The second kappa shape index (κ2) is 14.1. The van der Waals surface area contributed by atoms with Crippen LogP contribution in [-0.4, -0.2) is 58.6 Å². The highest BCUT2D eigenvalue weighted by atomic mass is 28.3. The molecule has 45 heavy (non-hydrogen) atoms. The van der Waals surface area contributed by atoms with Gasteiger partial charge in [0.15, 0.2) is 23.2 Å². The minimum Gasteiger partial charge on any atom is -0.450 e. The maximum atomic E-state index is 15.3. The van der Waals surface area contributed by atoms with Gasteiger partial charge in [0.2, 0.25) is 0 Å². The summed E-state index contributed by atoms with van der Waals surface area (Å²) in [5.74, 6) is -2.29. The number of fused-ring (bicyclic) bond motifs is 1. The quantitative estimate of drug-likeness (QED) is 0.0785. The van der Waals surface area contributed by atoms with Crippen LogP contribution in [0.3, 0.4) is 0 Å². The van der Waals surface area contributed by atoms with E-state index >= 15 is 8.78 Å². The number of nitrogens with zero attached hydrogens (tertiary/aromatic N) is 4. The number of ketones is 2. The van der Waals surface area contributed by atoms with E-state index in [-0.39, 0.29) is 42.5 Å². The number of aryl methyl sites for hydroxylation is 2. The molecule has 9 nitrogen and oxygen atoms in total. The lowest BCUT2D eigenvalue weighted by atomic mass is 9.97. The van der Waals surface area contributed by atoms with E-state index in [2.05, 4.69) is 29.6 Å². The molecule has 1 aliphatic rings. The van der Waals surface area contributed by atoms with Crippen molar-refractivity contribution < 1.29 is 32.6 Å². The van der Waals surface area contributed by atoms with Crippen molar-refractivity contribution in [3.05, 3.63) is 71.6 Å². The molecule has 1 saturated heterocycles. The molecule has 0 atom stereocenters. The lowest BCUT2D eigenvalue weighted by Gasteiger charge is -2.25. The summed E-state index contributed by atoms with van der Waals surface area (Å²) in [6, 6.07) is 4.70. The molecule has 0 saturated carbocycles. The van der Waals surface area contributed by atoms with Crippen LogP contribution in [0.4, 0.5) is 8.78 Å². The van der Waals surface area contributed by atoms with Crippen molar-refractivity contribution in [2.75, 3.05) is 19.8 Å². The van der Waals surface area contributed by atoms with E-state index in [1.54, 1.807) is 23.3 Å². The lowest BCUT2D eigenvalue weighted by Crippen LogP contribution is -2.28. The number of carbonyl (C=O) groups excluding carboxylic acids is 2. The Kier molecular flexibility index (Phi) is 10.3. The summed E-state index contributed by atoms with van der Waals surface area (Å²) >= 11 is 0. The first-order valence-corrected chi connectivity index (χ1v) is 19.0. The molecule has 0 N–H and O–H groups in total. The number of aromatic nitrogens is 4. The average Bonchev–Trinajstić information content (AvgIpc) is 3.54. The third-order valence-corrected chi connectivity index (χ3v) is 9.68. The SMILES string of the molecule is Cn1cncc1CCC(=O)c1cn(COCC[Si](C)(C)C)c2nccc(Oc3c(F)cc(CC(=O)CCC4COC4)cc3F)c12. The first kappa shape index (κ1) is 32.6. The Balaban J connectivity index is 1.39. The Morgan fingerprint density at radius 2 is 1.89 bits per heavy atom. The molecule has 0 spiro atoms. The maximum Gasteiger partial charge on any atom is 0.198 e. The largest absolute Gasteiger partial charge is 0.450 e. The van der Waals surface area contributed by atoms with Crippen LogP contribution < -0.4 is 4.74 Å². The summed E-state index contributed by atoms with van der Waals surface area (Å²) in [7, 11) is 0.549. The van der Waals surface area contributed by atoms with Gasteiger partial charge in [0.05, 0.1) is 24.9 Å². The summed E-state index contributed by atoms with van der Waals surface area (Å²) in [4.78, 5) is 34.6. The number of carbonyl (C=O) groups is 2. The number of imidazole rings is 1. The van der Waals surface area contributed by atoms with E-state index in [0.29, 0.717) is 61.6 Å². The molecule has 5 rings (SSSR count). The fraction of sp³-hybridized carbons (Fsp3) is 0.455. The van der Waals surface area contributed by atoms with Crippen LogP contribution in [0.25, 0.3) is 11.0 Å². The van der Waals surface area contributed by atoms with Gasteiger partial charge in [0.25, 0.3) is 0 Å². The molecule has 3 aromatic heterocycles. The number of halogens is 2. The molecule has 0 bridgehead atoms. The summed E-state index contributed by atoms with van der Waals surface area (Å²) in [6.07, 6.45) is 8.14. The van der Waals surface area contributed by atoms with Crippen LogP contribution in [0.5, 0.6) is 11.5 Å². The van der Waals surface area contributed by atoms with Crippen LogP contribution >= 0.6 is 0 Å². The molecule has 0 amide bonds. The first-order chi connectivity index (χ1) is 21.5. The predicted molar refractivity (Wildman–Crippen MR) is 168 cm³/mol. The van der Waals surface area contributed by atoms with Gasteiger partial charge in [-0.2, -0.15) is 0 Å². The van der Waals surface area contributed by atoms with E-state index in [4.69, 9.17) is 14.2 Å². The van der Waals surface area contributed by atoms with E-state index in [9.17, 15) is 9.59 Å². The van der Waals surface area contributed by atoms with Gasteiger partial charge >= 0.3 is 0 Å². The molecule has 0 unspecified atom stereocenters. The van der Waals surface area contributed by atoms with Gasteiger partial charge in [0.1, 0.15) is 23.9 Å². The third kappa shape index (κ3) is 8.30. The number of Topliss-reactive ketones (excluding diaryl/α,β-unsaturated/α-hetero) is 2. The lowest BCUT2D eigenvalue weighted by molar-refractivity contribution is -0.119. The Morgan fingerprint density at radius 1 is 1.13 bits per heavy atom. The van der Waals surface area contributed by atoms with Gasteiger partial charge in [-0.1, -0.05) is 19.6 Å². The predicted octanol–water partition coefficient (Wildman–Crippen LogP) is 6.51. The summed E-state index contributed by atoms with van der Waals surface area (Å²) in [5.41, 5.74) is 1.86. The van der Waals surface area contributed by atoms with Crippen LogP contribution in [0.1, 0.15) is 40.9 Å². The van der Waals surface area contributed by atoms with E-state index < -0.39 is 25.5 Å². The van der Waals surface area contributed by atoms with E-state index in [1.807, 2.05) is 11.6 Å². The molecule has 4 aromatic rings. The van der Waals surface area contributed by atoms with Crippen LogP contribution in [0.2, 0.25) is 25.7 Å². The second-order valence-electron chi connectivity index (χ2n) is 12.9. The van der Waals surface area contributed by atoms with Gasteiger partial charge in [-0.3, -0.25) is 9.59 Å². The zero-order chi connectivity index (χ0) is 32.1. The molecular weight excluding hydrogens is 598 g/mol. The Bertz CT molecular complexity index is 1650. The number of hydrogen-bond donors (Lipinski definition) is 0. The van der Waals surface area contributed by atoms with Crippen molar-refractivity contribution in [2.24, 2.45) is 13.0 Å². The fourth-order valence-electron chi connectivity index (χ4n) is 5.18. The standard InChI is InChI=1S/C33H40F2N4O5Si/c1-38-20-36-16-24(38)6-8-29(41)26-17-39(21-42-11-12-45(2,3)4)33-31(26)30(9-10-37-33)44-32-27(34)14-23(15-28(32)35)13-25(40)7-5-22-18-43-19-22/h9-10,14-17,20,22H,5-8,11-13,18-19,21H2,1-4H3. The Morgan fingerprint density at radius 3 is 2.53 bits per heavy atom. The Hall–Kier alpha value is -3.74. The number of rotatable bonds is 16. The minimum atomic E-state index is -1.31. The highest BCUT2D eigenvalue weighted by Gasteiger charge is 2.24. The average molecular weight is 639 g/mol. The zero-order valence-corrected chi connectivity index (χ0v) is 27.3. The van der Waals surface area contributed by atoms with Gasteiger partial charge in [-0.25, -0.2) is 18.7 Å². The van der Waals surface area contributed by atoms with E-state index in [0.717, 1.165) is 23.9 Å². The van der Waals surface area contributed by atoms with Crippen LogP contribution in [0.15, 0.2) is 43.1 Å². The molecule has 1 aromatic carbocycles. The fourth-order valence-corrected chi connectivity index (χ4v) is 5.93. The topological polar surface area (TPSA) is 97.5 Å². The molecule has 0 aliphatic carbocycles. The number of pyridine rings is 1. The molecule has 1 fully saturated rings. The molecular formula is C33H40F2N4O5Si. The van der Waals surface area contributed by atoms with Gasteiger partial charge < -0.3 is 23.3 Å².